The fraction of sp³-hybridized carbons (Fsp3) is 0.891. The van der Waals surface area contributed by atoms with Crippen molar-refractivity contribution in [1.29, 1.82) is 0 Å². The Bertz CT molecular complexity index is 953. The minimum absolute atomic E-state index is 0.0615. The highest BCUT2D eigenvalue weighted by molar-refractivity contribution is 7.47. The van der Waals surface area contributed by atoms with Gasteiger partial charge in [-0.2, -0.15) is 0 Å². The summed E-state index contributed by atoms with van der Waals surface area (Å²) in [6, 6.07) is -0.844. The molecule has 55 heavy (non-hydrogen) atoms. The molecule has 0 saturated carbocycles. The lowest BCUT2D eigenvalue weighted by molar-refractivity contribution is -0.870. The molecule has 0 spiro atoms. The summed E-state index contributed by atoms with van der Waals surface area (Å²) in [5, 5.41) is 13.8. The second-order valence-corrected chi connectivity index (χ2v) is 18.6. The molecule has 9 heteroatoms. The van der Waals surface area contributed by atoms with E-state index in [1.54, 1.807) is 6.08 Å². The van der Waals surface area contributed by atoms with Crippen molar-refractivity contribution in [2.24, 2.45) is 0 Å². The highest BCUT2D eigenvalue weighted by Gasteiger charge is 2.27. The molecule has 0 aliphatic carbocycles. The lowest BCUT2D eigenvalue weighted by atomic mass is 10.0. The van der Waals surface area contributed by atoms with Crippen LogP contribution in [0.4, 0.5) is 0 Å². The van der Waals surface area contributed by atoms with Gasteiger partial charge in [-0.1, -0.05) is 186 Å². The molecule has 3 atom stereocenters. The Kier molecular flexibility index (Phi) is 37.8. The Morgan fingerprint density at radius 1 is 0.600 bits per heavy atom. The minimum Gasteiger partial charge on any atom is -0.387 e. The minimum atomic E-state index is -4.33. The van der Waals surface area contributed by atoms with Crippen LogP contribution in [0.1, 0.15) is 213 Å². The van der Waals surface area contributed by atoms with Crippen LogP contribution in [0, 0.1) is 0 Å². The van der Waals surface area contributed by atoms with Crippen LogP contribution in [0.2, 0.25) is 0 Å². The van der Waals surface area contributed by atoms with Crippen LogP contribution in [0.25, 0.3) is 0 Å². The number of carbonyl (C=O) groups is 1. The number of rotatable bonds is 42. The lowest BCUT2D eigenvalue weighted by Crippen LogP contribution is -2.45. The van der Waals surface area contributed by atoms with Crippen molar-refractivity contribution >= 4 is 13.7 Å². The zero-order valence-corrected chi connectivity index (χ0v) is 37.8. The first-order valence-electron chi connectivity index (χ1n) is 23.2. The number of nitrogens with one attached hydrogen (secondary N) is 1. The van der Waals surface area contributed by atoms with Crippen LogP contribution in [0.15, 0.2) is 24.3 Å². The fourth-order valence-corrected chi connectivity index (χ4v) is 7.42. The Hall–Kier alpha value is -1.02. The SMILES string of the molecule is CCCCCCCCCC/C=C/C(O)C(COP(=O)(O)OCC[N+](C)(C)C)NC(=O)CCCCCCCCC/C=C\CCCCCCCCCCCCCC. The molecular weight excluding hydrogens is 707 g/mol. The predicted molar refractivity (Wildman–Crippen MR) is 235 cm³/mol. The van der Waals surface area contributed by atoms with Gasteiger partial charge in [0.2, 0.25) is 5.91 Å². The second kappa shape index (κ2) is 38.5. The normalized spacial score (nSPS) is 14.5. The average molecular weight is 800 g/mol. The van der Waals surface area contributed by atoms with E-state index in [4.69, 9.17) is 9.05 Å². The Balaban J connectivity index is 4.22. The van der Waals surface area contributed by atoms with E-state index in [-0.39, 0.29) is 19.1 Å². The van der Waals surface area contributed by atoms with Crippen LogP contribution >= 0.6 is 7.82 Å². The largest absolute Gasteiger partial charge is 0.472 e. The summed E-state index contributed by atoms with van der Waals surface area (Å²) in [6.07, 6.45) is 45.4. The zero-order chi connectivity index (χ0) is 40.7. The van der Waals surface area contributed by atoms with E-state index in [0.717, 1.165) is 38.5 Å². The van der Waals surface area contributed by atoms with Gasteiger partial charge in [-0.05, 0) is 44.9 Å². The molecule has 3 unspecified atom stereocenters. The Labute approximate surface area is 341 Å². The van der Waals surface area contributed by atoms with E-state index in [2.05, 4.69) is 31.3 Å². The van der Waals surface area contributed by atoms with Gasteiger partial charge in [-0.25, -0.2) is 4.57 Å². The number of nitrogens with zero attached hydrogens (tertiary/aromatic N) is 1. The van der Waals surface area contributed by atoms with E-state index in [1.165, 1.54) is 154 Å². The third-order valence-corrected chi connectivity index (χ3v) is 11.4. The number of phosphoric ester groups is 1. The number of unbranched alkanes of at least 4 members (excludes halogenated alkanes) is 27. The lowest BCUT2D eigenvalue weighted by Gasteiger charge is -2.25. The molecule has 1 amide bonds. The van der Waals surface area contributed by atoms with E-state index in [9.17, 15) is 19.4 Å². The first-order chi connectivity index (χ1) is 26.5. The molecule has 0 aromatic carbocycles. The van der Waals surface area contributed by atoms with Crippen molar-refractivity contribution in [3.8, 4) is 0 Å². The van der Waals surface area contributed by atoms with Gasteiger partial charge in [0.1, 0.15) is 13.2 Å². The molecule has 0 bridgehead atoms. The van der Waals surface area contributed by atoms with Gasteiger partial charge in [0.15, 0.2) is 0 Å². The van der Waals surface area contributed by atoms with Crippen LogP contribution in [0.3, 0.4) is 0 Å². The Morgan fingerprint density at radius 3 is 1.40 bits per heavy atom. The van der Waals surface area contributed by atoms with Crippen molar-refractivity contribution in [2.45, 2.75) is 225 Å². The van der Waals surface area contributed by atoms with Crippen LogP contribution < -0.4 is 5.32 Å². The molecule has 0 aliphatic heterocycles. The summed E-state index contributed by atoms with van der Waals surface area (Å²) < 4.78 is 23.5. The molecule has 0 aliphatic rings. The summed E-state index contributed by atoms with van der Waals surface area (Å²) >= 11 is 0. The summed E-state index contributed by atoms with van der Waals surface area (Å²) in [4.78, 5) is 23.1. The molecular formula is C46H92N2O6P+. The number of phosphoric acid groups is 1. The third-order valence-electron chi connectivity index (χ3n) is 10.4. The van der Waals surface area contributed by atoms with E-state index in [1.807, 2.05) is 27.2 Å². The first-order valence-corrected chi connectivity index (χ1v) is 24.7. The molecule has 3 N–H and O–H groups in total. The van der Waals surface area contributed by atoms with Crippen molar-refractivity contribution in [3.05, 3.63) is 24.3 Å². The third kappa shape index (κ3) is 41.0. The molecule has 0 aromatic rings. The van der Waals surface area contributed by atoms with Crippen LogP contribution in [-0.2, 0) is 18.4 Å². The van der Waals surface area contributed by atoms with Crippen LogP contribution in [0.5, 0.6) is 0 Å². The van der Waals surface area contributed by atoms with Gasteiger partial charge in [0, 0.05) is 6.42 Å². The van der Waals surface area contributed by atoms with E-state index in [0.29, 0.717) is 17.4 Å². The van der Waals surface area contributed by atoms with Gasteiger partial charge in [0.25, 0.3) is 0 Å². The number of hydrogen-bond donors (Lipinski definition) is 3. The molecule has 0 aromatic heterocycles. The molecule has 8 nitrogen and oxygen atoms in total. The molecule has 326 valence electrons. The maximum Gasteiger partial charge on any atom is 0.472 e. The van der Waals surface area contributed by atoms with E-state index < -0.39 is 20.0 Å². The number of likely N-dealkylation sites (N-methyl/N-ethyl adjacent to an activating group) is 1. The molecule has 0 fully saturated rings. The standard InChI is InChI=1S/C46H91N2O6P/c1-6-8-10-12-14-16-18-19-20-21-22-23-24-25-26-27-28-29-30-32-34-36-38-40-46(50)47-44(43-54-55(51,52)53-42-41-48(3,4)5)45(49)39-37-35-33-31-17-15-13-11-9-7-2/h25-26,37,39,44-45,49H,6-24,27-36,38,40-43H2,1-5H3,(H-,47,50,51,52)/p+1/b26-25-,39-37+. The number of amides is 1. The molecule has 0 radical (unpaired) electrons. The summed E-state index contributed by atoms with van der Waals surface area (Å²) in [5.74, 6) is -0.182. The predicted octanol–water partition coefficient (Wildman–Crippen LogP) is 12.9. The summed E-state index contributed by atoms with van der Waals surface area (Å²) in [6.45, 7) is 4.80. The van der Waals surface area contributed by atoms with Crippen molar-refractivity contribution in [3.63, 3.8) is 0 Å². The Morgan fingerprint density at radius 2 is 0.982 bits per heavy atom. The number of allylic oxidation sites excluding steroid dienone is 3. The van der Waals surface area contributed by atoms with Crippen molar-refractivity contribution in [2.75, 3.05) is 40.9 Å². The number of aliphatic hydroxyl groups is 1. The quantitative estimate of drug-likeness (QED) is 0.0246. The second-order valence-electron chi connectivity index (χ2n) is 17.1. The molecule has 0 heterocycles. The highest BCUT2D eigenvalue weighted by atomic mass is 31.2. The fourth-order valence-electron chi connectivity index (χ4n) is 6.68. The molecule has 0 rings (SSSR count). The molecule has 0 saturated heterocycles. The van der Waals surface area contributed by atoms with Gasteiger partial charge >= 0.3 is 7.82 Å². The number of quaternary nitrogens is 1. The summed E-state index contributed by atoms with van der Waals surface area (Å²) in [5.41, 5.74) is 0. The maximum absolute atomic E-state index is 12.9. The smallest absolute Gasteiger partial charge is 0.387 e. The first kappa shape index (κ1) is 54.0. The van der Waals surface area contributed by atoms with Gasteiger partial charge in [-0.3, -0.25) is 13.8 Å². The van der Waals surface area contributed by atoms with Crippen LogP contribution in [-0.4, -0.2) is 73.4 Å². The topological polar surface area (TPSA) is 105 Å². The van der Waals surface area contributed by atoms with Crippen molar-refractivity contribution < 1.29 is 32.9 Å². The zero-order valence-electron chi connectivity index (χ0n) is 36.9. The van der Waals surface area contributed by atoms with Gasteiger partial charge < -0.3 is 19.8 Å². The monoisotopic (exact) mass is 800 g/mol. The maximum atomic E-state index is 12.9. The highest BCUT2D eigenvalue weighted by Crippen LogP contribution is 2.43. The summed E-state index contributed by atoms with van der Waals surface area (Å²) in [7, 11) is 1.57. The number of aliphatic hydroxyl groups excluding tert-OH is 1. The van der Waals surface area contributed by atoms with Gasteiger partial charge in [0.05, 0.1) is 39.9 Å². The average Bonchev–Trinajstić information content (AvgIpc) is 3.13. The van der Waals surface area contributed by atoms with Crippen molar-refractivity contribution in [1.82, 2.24) is 5.32 Å². The van der Waals surface area contributed by atoms with Gasteiger partial charge in [-0.15, -0.1) is 0 Å². The number of hydrogen-bond acceptors (Lipinski definition) is 5. The number of carbonyl (C=O) groups excluding carboxylic acids is 1. The van der Waals surface area contributed by atoms with E-state index >= 15 is 0 Å².